The fourth-order valence-electron chi connectivity index (χ4n) is 2.15. The molecule has 0 unspecified atom stereocenters. The molecule has 0 bridgehead atoms. The molecule has 21 heavy (non-hydrogen) atoms. The van der Waals surface area contributed by atoms with E-state index in [1.165, 1.54) is 0 Å². The number of pyridine rings is 1. The van der Waals surface area contributed by atoms with Crippen molar-refractivity contribution in [1.29, 1.82) is 0 Å². The number of hydrogen-bond acceptors (Lipinski definition) is 3. The molecular weight excluding hydrogens is 294 g/mol. The number of fused-ring (bicyclic) bond motifs is 1. The van der Waals surface area contributed by atoms with Gasteiger partial charge in [0.05, 0.1) is 22.6 Å². The van der Waals surface area contributed by atoms with Crippen LogP contribution in [0, 0.1) is 11.6 Å². The Labute approximate surface area is 124 Å². The van der Waals surface area contributed by atoms with Crippen LogP contribution in [0.4, 0.5) is 8.78 Å². The first-order valence-electron chi connectivity index (χ1n) is 6.10. The summed E-state index contributed by atoms with van der Waals surface area (Å²) in [6.45, 7) is 0.182. The molecule has 0 saturated carbocycles. The molecule has 106 valence electrons. The minimum Gasteiger partial charge on any atom is -0.392 e. The minimum atomic E-state index is -0.944. The van der Waals surface area contributed by atoms with Crippen LogP contribution in [0.5, 0.6) is 0 Å². The summed E-state index contributed by atoms with van der Waals surface area (Å²) in [5.74, 6) is -1.37. The van der Waals surface area contributed by atoms with Crippen molar-refractivity contribution >= 4 is 28.2 Å². The van der Waals surface area contributed by atoms with Crippen molar-refractivity contribution in [2.24, 2.45) is 5.73 Å². The Balaban J connectivity index is 2.30. The predicted molar refractivity (Wildman–Crippen MR) is 79.7 cm³/mol. The zero-order chi connectivity index (χ0) is 15.0. The van der Waals surface area contributed by atoms with Gasteiger partial charge in [0.2, 0.25) is 0 Å². The van der Waals surface area contributed by atoms with Crippen molar-refractivity contribution < 1.29 is 8.78 Å². The number of hydrogen-bond donors (Lipinski definition) is 1. The van der Waals surface area contributed by atoms with Gasteiger partial charge < -0.3 is 10.3 Å². The number of benzene rings is 1. The van der Waals surface area contributed by atoms with Crippen molar-refractivity contribution in [2.75, 3.05) is 0 Å². The van der Waals surface area contributed by atoms with Crippen LogP contribution < -0.4 is 5.73 Å². The van der Waals surface area contributed by atoms with E-state index in [0.717, 1.165) is 12.1 Å². The van der Waals surface area contributed by atoms with Gasteiger partial charge >= 0.3 is 0 Å². The third-order valence-electron chi connectivity index (χ3n) is 3.02. The highest BCUT2D eigenvalue weighted by molar-refractivity contribution is 7.80. The third kappa shape index (κ3) is 2.47. The zero-order valence-electron chi connectivity index (χ0n) is 10.8. The lowest BCUT2D eigenvalue weighted by molar-refractivity contribution is 0.510. The first-order valence-corrected chi connectivity index (χ1v) is 6.51. The maximum absolute atomic E-state index is 13.5. The van der Waals surface area contributed by atoms with Crippen LogP contribution in [0.3, 0.4) is 0 Å². The van der Waals surface area contributed by atoms with Crippen molar-refractivity contribution in [2.45, 2.75) is 6.54 Å². The van der Waals surface area contributed by atoms with Crippen molar-refractivity contribution in [1.82, 2.24) is 14.5 Å². The van der Waals surface area contributed by atoms with Crippen molar-refractivity contribution in [3.8, 4) is 11.4 Å². The summed E-state index contributed by atoms with van der Waals surface area (Å²) in [6.07, 6.45) is 3.24. The molecule has 3 aromatic rings. The van der Waals surface area contributed by atoms with Gasteiger partial charge in [-0.25, -0.2) is 13.8 Å². The Morgan fingerprint density at radius 1 is 1.29 bits per heavy atom. The maximum atomic E-state index is 13.5. The monoisotopic (exact) mass is 304 g/mol. The molecule has 0 aliphatic heterocycles. The van der Waals surface area contributed by atoms with Gasteiger partial charge in [0, 0.05) is 30.1 Å². The quantitative estimate of drug-likeness (QED) is 0.756. The number of thiocarbonyl (C=S) groups is 1. The maximum Gasteiger partial charge on any atom is 0.161 e. The van der Waals surface area contributed by atoms with Gasteiger partial charge in [-0.2, -0.15) is 0 Å². The van der Waals surface area contributed by atoms with Crippen molar-refractivity contribution in [3.63, 3.8) is 0 Å². The first-order chi connectivity index (χ1) is 10.1. The highest BCUT2D eigenvalue weighted by Gasteiger charge is 2.16. The Hall–Kier alpha value is -2.41. The largest absolute Gasteiger partial charge is 0.392 e. The summed E-state index contributed by atoms with van der Waals surface area (Å²) in [6, 6.07) is 5.70. The molecule has 2 N–H and O–H groups in total. The molecule has 0 fully saturated rings. The van der Waals surface area contributed by atoms with Crippen LogP contribution in [-0.2, 0) is 6.54 Å². The standard InChI is InChI=1S/C14H10F2N4S/c15-9-4-11-12(5-10(9)16)20(7-13(17)21)14(19-11)8-2-1-3-18-6-8/h1-6H,7H2,(H2,17,21). The molecule has 0 amide bonds. The van der Waals surface area contributed by atoms with Gasteiger partial charge in [0.1, 0.15) is 5.82 Å². The van der Waals surface area contributed by atoms with E-state index in [9.17, 15) is 8.78 Å². The summed E-state index contributed by atoms with van der Waals surface area (Å²) in [4.78, 5) is 8.59. The number of nitrogens with zero attached hydrogens (tertiary/aromatic N) is 3. The van der Waals surface area contributed by atoms with E-state index in [0.29, 0.717) is 22.4 Å². The summed E-state index contributed by atoms with van der Waals surface area (Å²) in [5.41, 5.74) is 7.07. The van der Waals surface area contributed by atoms with Crippen molar-refractivity contribution in [3.05, 3.63) is 48.3 Å². The van der Waals surface area contributed by atoms with Crippen LogP contribution in [0.15, 0.2) is 36.7 Å². The smallest absolute Gasteiger partial charge is 0.161 e. The molecular formula is C14H10F2N4S. The second kappa shape index (κ2) is 5.17. The lowest BCUT2D eigenvalue weighted by atomic mass is 10.2. The van der Waals surface area contributed by atoms with Crippen LogP contribution in [0.25, 0.3) is 22.4 Å². The van der Waals surface area contributed by atoms with Gasteiger partial charge in [-0.05, 0) is 12.1 Å². The predicted octanol–water partition coefficient (Wildman–Crippen LogP) is 2.66. The van der Waals surface area contributed by atoms with Gasteiger partial charge in [-0.15, -0.1) is 0 Å². The summed E-state index contributed by atoms with van der Waals surface area (Å²) in [7, 11) is 0. The average molecular weight is 304 g/mol. The Kier molecular flexibility index (Phi) is 3.34. The van der Waals surface area contributed by atoms with E-state index < -0.39 is 11.6 Å². The molecule has 0 atom stereocenters. The fourth-order valence-corrected chi connectivity index (χ4v) is 2.28. The van der Waals surface area contributed by atoms with E-state index >= 15 is 0 Å². The van der Waals surface area contributed by atoms with Gasteiger partial charge in [-0.3, -0.25) is 4.98 Å². The van der Waals surface area contributed by atoms with E-state index in [1.807, 2.05) is 0 Å². The van der Waals surface area contributed by atoms with E-state index in [-0.39, 0.29) is 11.5 Å². The number of aromatic nitrogens is 3. The summed E-state index contributed by atoms with van der Waals surface area (Å²) in [5, 5.41) is 0. The molecule has 0 spiro atoms. The van der Waals surface area contributed by atoms with Crippen LogP contribution >= 0.6 is 12.2 Å². The number of nitrogens with two attached hydrogens (primary N) is 1. The number of imidazole rings is 1. The first kappa shape index (κ1) is 13.6. The molecule has 7 heteroatoms. The Bertz CT molecular complexity index is 830. The fraction of sp³-hybridized carbons (Fsp3) is 0.0714. The second-order valence-electron chi connectivity index (χ2n) is 4.48. The summed E-state index contributed by atoms with van der Waals surface area (Å²) >= 11 is 4.92. The molecule has 3 rings (SSSR count). The Morgan fingerprint density at radius 3 is 2.71 bits per heavy atom. The molecule has 2 heterocycles. The van der Waals surface area contributed by atoms with E-state index in [4.69, 9.17) is 18.0 Å². The lowest BCUT2D eigenvalue weighted by Crippen LogP contribution is -2.17. The molecule has 0 aliphatic rings. The van der Waals surface area contributed by atoms with Crippen LogP contribution in [-0.4, -0.2) is 19.5 Å². The topological polar surface area (TPSA) is 56.7 Å². The molecule has 0 radical (unpaired) electrons. The highest BCUT2D eigenvalue weighted by atomic mass is 32.1. The number of halogens is 2. The molecule has 1 aromatic carbocycles. The van der Waals surface area contributed by atoms with Crippen LogP contribution in [0.2, 0.25) is 0 Å². The highest BCUT2D eigenvalue weighted by Crippen LogP contribution is 2.26. The molecule has 2 aromatic heterocycles. The molecule has 0 saturated heterocycles. The third-order valence-corrected chi connectivity index (χ3v) is 3.15. The van der Waals surface area contributed by atoms with E-state index in [1.54, 1.807) is 29.1 Å². The number of rotatable bonds is 3. The molecule has 0 aliphatic carbocycles. The normalized spacial score (nSPS) is 11.0. The van der Waals surface area contributed by atoms with E-state index in [2.05, 4.69) is 9.97 Å². The average Bonchev–Trinajstić information content (AvgIpc) is 2.78. The lowest BCUT2D eigenvalue weighted by Gasteiger charge is -2.08. The van der Waals surface area contributed by atoms with Gasteiger partial charge in [0.15, 0.2) is 11.6 Å². The van der Waals surface area contributed by atoms with Crippen LogP contribution in [0.1, 0.15) is 0 Å². The zero-order valence-corrected chi connectivity index (χ0v) is 11.6. The molecule has 4 nitrogen and oxygen atoms in total. The SMILES string of the molecule is NC(=S)Cn1c(-c2cccnc2)nc2cc(F)c(F)cc21. The minimum absolute atomic E-state index is 0.182. The summed E-state index contributed by atoms with van der Waals surface area (Å²) < 4.78 is 28.5. The van der Waals surface area contributed by atoms with Gasteiger partial charge in [0.25, 0.3) is 0 Å². The second-order valence-corrected chi connectivity index (χ2v) is 5.01. The Morgan fingerprint density at radius 2 is 2.05 bits per heavy atom. The van der Waals surface area contributed by atoms with Gasteiger partial charge in [-0.1, -0.05) is 12.2 Å².